The minimum Gasteiger partial charge on any atom is -0.366 e. The molecule has 3 heterocycles. The molecule has 1 aromatic rings. The highest BCUT2D eigenvalue weighted by atomic mass is 16.5. The lowest BCUT2D eigenvalue weighted by molar-refractivity contribution is -0.150. The number of carbonyl (C=O) groups excluding carboxylic acids is 2. The largest absolute Gasteiger partial charge is 0.366 e. The summed E-state index contributed by atoms with van der Waals surface area (Å²) in [6.45, 7) is 8.78. The van der Waals surface area contributed by atoms with Gasteiger partial charge in [0.25, 0.3) is 5.91 Å². The highest BCUT2D eigenvalue weighted by Gasteiger charge is 2.42. The molecular weight excluding hydrogens is 354 g/mol. The Morgan fingerprint density at radius 2 is 1.96 bits per heavy atom. The van der Waals surface area contributed by atoms with Crippen LogP contribution in [-0.2, 0) is 20.7 Å². The lowest BCUT2D eigenvalue weighted by Gasteiger charge is -2.47. The van der Waals surface area contributed by atoms with Gasteiger partial charge in [-0.3, -0.25) is 14.6 Å². The third-order valence-electron chi connectivity index (χ3n) is 6.07. The predicted molar refractivity (Wildman–Crippen MR) is 108 cm³/mol. The number of hydrogen-bond donors (Lipinski definition) is 0. The first-order valence-corrected chi connectivity index (χ1v) is 10.5. The molecule has 1 atom stereocenters. The van der Waals surface area contributed by atoms with Crippen molar-refractivity contribution in [3.8, 4) is 0 Å². The number of amides is 2. The number of nitrogens with zero attached hydrogens (tertiary/aromatic N) is 3. The number of carbonyl (C=O) groups is 2. The highest BCUT2D eigenvalue weighted by Crippen LogP contribution is 2.40. The number of rotatable bonds is 6. The summed E-state index contributed by atoms with van der Waals surface area (Å²) in [5.74, 6) is 0.335. The maximum atomic E-state index is 12.6. The molecular formula is C22H33N3O3. The standard InChI is InChI=1S/C22H33N3O3/c1-17(2)28-18(3)21(27)24-14-10-22(11-15-24)9-7-20(26)25(16-22)13-8-19-6-4-5-12-23-19/h4-6,12,17-18H,7-11,13-16H2,1-3H3/t18-/m1/s1. The normalized spacial score (nSPS) is 20.6. The van der Waals surface area contributed by atoms with Crippen molar-refractivity contribution in [1.29, 1.82) is 0 Å². The van der Waals surface area contributed by atoms with Crippen LogP contribution in [0.4, 0.5) is 0 Å². The van der Waals surface area contributed by atoms with Gasteiger partial charge in [0.05, 0.1) is 6.10 Å². The summed E-state index contributed by atoms with van der Waals surface area (Å²) in [6, 6.07) is 5.90. The molecule has 6 nitrogen and oxygen atoms in total. The Balaban J connectivity index is 1.54. The van der Waals surface area contributed by atoms with Gasteiger partial charge in [0.15, 0.2) is 0 Å². The van der Waals surface area contributed by atoms with Gasteiger partial charge >= 0.3 is 0 Å². The molecule has 6 heteroatoms. The first-order valence-electron chi connectivity index (χ1n) is 10.5. The second-order valence-corrected chi connectivity index (χ2v) is 8.54. The van der Waals surface area contributed by atoms with E-state index in [1.807, 2.05) is 48.8 Å². The van der Waals surface area contributed by atoms with Gasteiger partial charge in [-0.25, -0.2) is 0 Å². The van der Waals surface area contributed by atoms with Crippen LogP contribution < -0.4 is 0 Å². The van der Waals surface area contributed by atoms with E-state index in [0.29, 0.717) is 6.42 Å². The van der Waals surface area contributed by atoms with Crippen LogP contribution >= 0.6 is 0 Å². The zero-order chi connectivity index (χ0) is 20.1. The summed E-state index contributed by atoms with van der Waals surface area (Å²) in [4.78, 5) is 33.4. The molecule has 0 aliphatic carbocycles. The van der Waals surface area contributed by atoms with Crippen molar-refractivity contribution >= 4 is 11.8 Å². The number of aromatic nitrogens is 1. The highest BCUT2D eigenvalue weighted by molar-refractivity contribution is 5.80. The minimum absolute atomic E-state index is 0.0482. The number of pyridine rings is 1. The van der Waals surface area contributed by atoms with E-state index in [1.165, 1.54) is 0 Å². The van der Waals surface area contributed by atoms with Crippen LogP contribution in [0.1, 0.15) is 52.1 Å². The van der Waals surface area contributed by atoms with E-state index >= 15 is 0 Å². The Hall–Kier alpha value is -1.95. The van der Waals surface area contributed by atoms with Gasteiger partial charge < -0.3 is 14.5 Å². The van der Waals surface area contributed by atoms with E-state index in [1.54, 1.807) is 6.20 Å². The summed E-state index contributed by atoms with van der Waals surface area (Å²) >= 11 is 0. The van der Waals surface area contributed by atoms with Gasteiger partial charge in [-0.15, -0.1) is 0 Å². The zero-order valence-corrected chi connectivity index (χ0v) is 17.4. The number of ether oxygens (including phenoxy) is 1. The molecule has 2 fully saturated rings. The molecule has 0 aromatic carbocycles. The number of hydrogen-bond acceptors (Lipinski definition) is 4. The third kappa shape index (κ3) is 5.10. The Morgan fingerprint density at radius 3 is 2.61 bits per heavy atom. The summed E-state index contributed by atoms with van der Waals surface area (Å²) in [6.07, 6.45) is 5.71. The molecule has 0 saturated carbocycles. The van der Waals surface area contributed by atoms with E-state index in [9.17, 15) is 9.59 Å². The van der Waals surface area contributed by atoms with Crippen LogP contribution in [0.3, 0.4) is 0 Å². The van der Waals surface area contributed by atoms with Gasteiger partial charge in [0.1, 0.15) is 6.10 Å². The van der Waals surface area contributed by atoms with Crippen molar-refractivity contribution in [2.45, 2.75) is 65.1 Å². The molecule has 1 spiro atoms. The first kappa shape index (κ1) is 20.8. The van der Waals surface area contributed by atoms with Crippen molar-refractivity contribution in [2.24, 2.45) is 5.41 Å². The molecule has 2 aliphatic heterocycles. The Morgan fingerprint density at radius 1 is 1.21 bits per heavy atom. The van der Waals surface area contributed by atoms with Crippen LogP contribution in [-0.4, -0.2) is 65.0 Å². The average Bonchev–Trinajstić information content (AvgIpc) is 2.69. The van der Waals surface area contributed by atoms with Crippen LogP contribution in [0.15, 0.2) is 24.4 Å². The predicted octanol–water partition coefficient (Wildman–Crippen LogP) is 2.67. The molecule has 0 bridgehead atoms. The van der Waals surface area contributed by atoms with Crippen LogP contribution in [0, 0.1) is 5.41 Å². The average molecular weight is 388 g/mol. The molecule has 2 amide bonds. The van der Waals surface area contributed by atoms with Crippen molar-refractivity contribution in [1.82, 2.24) is 14.8 Å². The smallest absolute Gasteiger partial charge is 0.251 e. The van der Waals surface area contributed by atoms with Crippen LogP contribution in [0.5, 0.6) is 0 Å². The monoisotopic (exact) mass is 387 g/mol. The van der Waals surface area contributed by atoms with Gasteiger partial charge in [-0.2, -0.15) is 0 Å². The van der Waals surface area contributed by atoms with Gasteiger partial charge in [-0.1, -0.05) is 6.07 Å². The summed E-state index contributed by atoms with van der Waals surface area (Å²) in [5, 5.41) is 0. The molecule has 0 unspecified atom stereocenters. The number of likely N-dealkylation sites (tertiary alicyclic amines) is 2. The SMILES string of the molecule is CC(C)O[C@H](C)C(=O)N1CCC2(CCC(=O)N(CCc3ccccn3)C2)CC1. The second-order valence-electron chi connectivity index (χ2n) is 8.54. The summed E-state index contributed by atoms with van der Waals surface area (Å²) in [7, 11) is 0. The fourth-order valence-electron chi connectivity index (χ4n) is 4.43. The Kier molecular flexibility index (Phi) is 6.70. The Bertz CT molecular complexity index is 669. The van der Waals surface area contributed by atoms with Crippen molar-refractivity contribution in [2.75, 3.05) is 26.2 Å². The van der Waals surface area contributed by atoms with E-state index < -0.39 is 6.10 Å². The molecule has 154 valence electrons. The molecule has 2 aliphatic rings. The quantitative estimate of drug-likeness (QED) is 0.753. The molecule has 0 radical (unpaired) electrons. The van der Waals surface area contributed by atoms with E-state index in [2.05, 4.69) is 4.98 Å². The number of piperidine rings is 2. The molecule has 3 rings (SSSR count). The van der Waals surface area contributed by atoms with Crippen molar-refractivity contribution in [3.63, 3.8) is 0 Å². The zero-order valence-electron chi connectivity index (χ0n) is 17.4. The summed E-state index contributed by atoms with van der Waals surface area (Å²) < 4.78 is 5.66. The third-order valence-corrected chi connectivity index (χ3v) is 6.07. The lowest BCUT2D eigenvalue weighted by atomic mass is 9.72. The van der Waals surface area contributed by atoms with Crippen LogP contribution in [0.2, 0.25) is 0 Å². The second kappa shape index (κ2) is 9.03. The molecule has 1 aromatic heterocycles. The van der Waals surface area contributed by atoms with E-state index in [0.717, 1.165) is 57.6 Å². The maximum Gasteiger partial charge on any atom is 0.251 e. The van der Waals surface area contributed by atoms with E-state index in [-0.39, 0.29) is 23.3 Å². The van der Waals surface area contributed by atoms with Crippen molar-refractivity contribution in [3.05, 3.63) is 30.1 Å². The Labute approximate surface area is 168 Å². The first-order chi connectivity index (χ1) is 13.4. The van der Waals surface area contributed by atoms with Gasteiger partial charge in [0.2, 0.25) is 5.91 Å². The fourth-order valence-corrected chi connectivity index (χ4v) is 4.43. The van der Waals surface area contributed by atoms with Crippen LogP contribution in [0.25, 0.3) is 0 Å². The molecule has 2 saturated heterocycles. The summed E-state index contributed by atoms with van der Waals surface area (Å²) in [5.41, 5.74) is 1.17. The van der Waals surface area contributed by atoms with E-state index in [4.69, 9.17) is 4.74 Å². The minimum atomic E-state index is -0.392. The maximum absolute atomic E-state index is 12.6. The van der Waals surface area contributed by atoms with Gasteiger partial charge in [-0.05, 0) is 57.6 Å². The molecule has 0 N–H and O–H groups in total. The van der Waals surface area contributed by atoms with Gasteiger partial charge in [0, 0.05) is 50.9 Å². The fraction of sp³-hybridized carbons (Fsp3) is 0.682. The molecule has 28 heavy (non-hydrogen) atoms. The lowest BCUT2D eigenvalue weighted by Crippen LogP contribution is -2.53. The van der Waals surface area contributed by atoms with Crippen molar-refractivity contribution < 1.29 is 14.3 Å². The topological polar surface area (TPSA) is 62.7 Å².